The fourth-order valence-corrected chi connectivity index (χ4v) is 4.55. The van der Waals surface area contributed by atoms with Gasteiger partial charge in [-0.05, 0) is 55.0 Å². The Kier molecular flexibility index (Phi) is 8.85. The minimum atomic E-state index is -0.533. The lowest BCUT2D eigenvalue weighted by Gasteiger charge is -2.12. The molecule has 0 aliphatic rings. The van der Waals surface area contributed by atoms with Crippen molar-refractivity contribution in [1.82, 2.24) is 0 Å². The van der Waals surface area contributed by atoms with E-state index in [0.29, 0.717) is 23.3 Å². The topological polar surface area (TPSA) is 68.5 Å². The molecular formula is C29H26Cl2FNO4. The van der Waals surface area contributed by atoms with Gasteiger partial charge in [-0.2, -0.15) is 0 Å². The van der Waals surface area contributed by atoms with E-state index in [0.717, 1.165) is 19.3 Å². The maximum atomic E-state index is 13.4. The summed E-state index contributed by atoms with van der Waals surface area (Å²) >= 11 is 12.8. The average molecular weight is 542 g/mol. The third kappa shape index (κ3) is 6.32. The van der Waals surface area contributed by atoms with Crippen LogP contribution >= 0.6 is 23.2 Å². The first-order valence-corrected chi connectivity index (χ1v) is 12.9. The first-order chi connectivity index (χ1) is 17.9. The van der Waals surface area contributed by atoms with Crippen LogP contribution in [0.2, 0.25) is 10.0 Å². The van der Waals surface area contributed by atoms with Gasteiger partial charge in [0.05, 0.1) is 22.3 Å². The zero-order chi connectivity index (χ0) is 26.4. The SMILES string of the molecule is CCCCCCCOc1c(Cl)cc(C(=O)Nc2c(C(=O)c3ccc(F)cc3)oc3ccccc23)cc1Cl. The Morgan fingerprint density at radius 2 is 1.59 bits per heavy atom. The van der Waals surface area contributed by atoms with Crippen molar-refractivity contribution in [3.05, 3.63) is 93.4 Å². The Labute approximate surface area is 224 Å². The third-order valence-electron chi connectivity index (χ3n) is 5.90. The normalized spacial score (nSPS) is 11.0. The molecule has 0 radical (unpaired) electrons. The molecule has 0 saturated heterocycles. The number of furan rings is 1. The maximum Gasteiger partial charge on any atom is 0.255 e. The minimum absolute atomic E-state index is 0.0682. The van der Waals surface area contributed by atoms with Crippen LogP contribution in [-0.4, -0.2) is 18.3 Å². The summed E-state index contributed by atoms with van der Waals surface area (Å²) < 4.78 is 24.9. The van der Waals surface area contributed by atoms with E-state index in [4.69, 9.17) is 32.4 Å². The number of anilines is 1. The predicted octanol–water partition coefficient (Wildman–Crippen LogP) is 8.71. The monoisotopic (exact) mass is 541 g/mol. The summed E-state index contributed by atoms with van der Waals surface area (Å²) in [6.45, 7) is 2.64. The molecule has 1 amide bonds. The van der Waals surface area contributed by atoms with Gasteiger partial charge in [-0.3, -0.25) is 9.59 Å². The number of para-hydroxylation sites is 1. The Hall–Kier alpha value is -3.35. The van der Waals surface area contributed by atoms with E-state index in [1.165, 1.54) is 49.2 Å². The summed E-state index contributed by atoms with van der Waals surface area (Å²) in [5.74, 6) is -1.23. The number of nitrogens with one attached hydrogen (secondary N) is 1. The van der Waals surface area contributed by atoms with E-state index < -0.39 is 17.5 Å². The van der Waals surface area contributed by atoms with Crippen molar-refractivity contribution >= 4 is 51.5 Å². The number of hydrogen-bond donors (Lipinski definition) is 1. The van der Waals surface area contributed by atoms with Crippen LogP contribution in [0.3, 0.4) is 0 Å². The van der Waals surface area contributed by atoms with E-state index in [1.807, 2.05) is 0 Å². The third-order valence-corrected chi connectivity index (χ3v) is 6.46. The molecule has 3 aromatic carbocycles. The van der Waals surface area contributed by atoms with Crippen molar-refractivity contribution in [3.8, 4) is 5.75 Å². The van der Waals surface area contributed by atoms with Gasteiger partial charge < -0.3 is 14.5 Å². The number of rotatable bonds is 11. The lowest BCUT2D eigenvalue weighted by atomic mass is 10.1. The number of fused-ring (bicyclic) bond motifs is 1. The molecule has 0 aliphatic carbocycles. The van der Waals surface area contributed by atoms with Crippen molar-refractivity contribution in [1.29, 1.82) is 0 Å². The number of unbranched alkanes of at least 4 members (excludes halogenated alkanes) is 4. The number of amides is 1. The zero-order valence-corrected chi connectivity index (χ0v) is 21.8. The highest BCUT2D eigenvalue weighted by molar-refractivity contribution is 6.38. The summed E-state index contributed by atoms with van der Waals surface area (Å²) in [4.78, 5) is 26.4. The first-order valence-electron chi connectivity index (χ1n) is 12.1. The molecule has 8 heteroatoms. The summed E-state index contributed by atoms with van der Waals surface area (Å²) in [6.07, 6.45) is 5.44. The molecule has 0 bridgehead atoms. The highest BCUT2D eigenvalue weighted by Gasteiger charge is 2.24. The molecule has 1 aromatic heterocycles. The van der Waals surface area contributed by atoms with Crippen molar-refractivity contribution in [3.63, 3.8) is 0 Å². The number of halogens is 3. The van der Waals surface area contributed by atoms with E-state index in [9.17, 15) is 14.0 Å². The molecule has 4 aromatic rings. The quantitative estimate of drug-likeness (QED) is 0.152. The van der Waals surface area contributed by atoms with Crippen LogP contribution in [0.15, 0.2) is 65.1 Å². The summed E-state index contributed by atoms with van der Waals surface area (Å²) in [5, 5.41) is 3.74. The zero-order valence-electron chi connectivity index (χ0n) is 20.3. The highest BCUT2D eigenvalue weighted by Crippen LogP contribution is 2.36. The van der Waals surface area contributed by atoms with Crippen molar-refractivity contribution in [2.24, 2.45) is 0 Å². The van der Waals surface area contributed by atoms with Crippen LogP contribution in [-0.2, 0) is 0 Å². The molecule has 0 fully saturated rings. The molecule has 5 nitrogen and oxygen atoms in total. The lowest BCUT2D eigenvalue weighted by molar-refractivity contribution is 0.101. The van der Waals surface area contributed by atoms with Gasteiger partial charge in [0.2, 0.25) is 5.78 Å². The van der Waals surface area contributed by atoms with Crippen LogP contribution < -0.4 is 10.1 Å². The van der Waals surface area contributed by atoms with Crippen molar-refractivity contribution < 1.29 is 23.1 Å². The van der Waals surface area contributed by atoms with Gasteiger partial charge in [0.1, 0.15) is 11.4 Å². The molecule has 1 heterocycles. The molecule has 1 N–H and O–H groups in total. The second kappa shape index (κ2) is 12.3. The van der Waals surface area contributed by atoms with Gasteiger partial charge in [0.25, 0.3) is 5.91 Å². The standard InChI is InChI=1S/C29H26Cl2FNO4/c1-2-3-4-5-8-15-36-27-22(30)16-19(17-23(27)31)29(35)33-25-21-9-6-7-10-24(21)37-28(25)26(34)18-11-13-20(32)14-12-18/h6-7,9-14,16-17H,2-5,8,15H2,1H3,(H,33,35). The second-order valence-corrected chi connectivity index (χ2v) is 9.44. The Bertz CT molecular complexity index is 1390. The largest absolute Gasteiger partial charge is 0.490 e. The van der Waals surface area contributed by atoms with Gasteiger partial charge in [-0.25, -0.2) is 4.39 Å². The Balaban J connectivity index is 1.56. The van der Waals surface area contributed by atoms with Crippen LogP contribution in [0.1, 0.15) is 65.5 Å². The number of benzene rings is 3. The van der Waals surface area contributed by atoms with Gasteiger partial charge >= 0.3 is 0 Å². The molecule has 0 atom stereocenters. The highest BCUT2D eigenvalue weighted by atomic mass is 35.5. The summed E-state index contributed by atoms with van der Waals surface area (Å²) in [7, 11) is 0. The molecule has 0 saturated carbocycles. The minimum Gasteiger partial charge on any atom is -0.490 e. The van der Waals surface area contributed by atoms with E-state index in [-0.39, 0.29) is 32.6 Å². The van der Waals surface area contributed by atoms with Gasteiger partial charge in [-0.1, -0.05) is 67.9 Å². The van der Waals surface area contributed by atoms with Gasteiger partial charge in [0, 0.05) is 16.5 Å². The van der Waals surface area contributed by atoms with Crippen LogP contribution in [0, 0.1) is 5.82 Å². The van der Waals surface area contributed by atoms with Crippen molar-refractivity contribution in [2.45, 2.75) is 39.0 Å². The Morgan fingerprint density at radius 3 is 2.30 bits per heavy atom. The van der Waals surface area contributed by atoms with E-state index >= 15 is 0 Å². The summed E-state index contributed by atoms with van der Waals surface area (Å²) in [6, 6.07) is 15.0. The number of ketones is 1. The van der Waals surface area contributed by atoms with Crippen LogP contribution in [0.25, 0.3) is 11.0 Å². The number of carbonyl (C=O) groups excluding carboxylic acids is 2. The molecule has 4 rings (SSSR count). The molecule has 0 aliphatic heterocycles. The molecule has 0 spiro atoms. The fraction of sp³-hybridized carbons (Fsp3) is 0.241. The average Bonchev–Trinajstić information content (AvgIpc) is 3.25. The molecule has 0 unspecified atom stereocenters. The number of ether oxygens (including phenoxy) is 1. The lowest BCUT2D eigenvalue weighted by Crippen LogP contribution is -2.14. The Morgan fingerprint density at radius 1 is 0.919 bits per heavy atom. The smallest absolute Gasteiger partial charge is 0.255 e. The molecule has 37 heavy (non-hydrogen) atoms. The maximum absolute atomic E-state index is 13.4. The second-order valence-electron chi connectivity index (χ2n) is 8.62. The van der Waals surface area contributed by atoms with Crippen LogP contribution in [0.5, 0.6) is 5.75 Å². The molecular weight excluding hydrogens is 516 g/mol. The number of hydrogen-bond acceptors (Lipinski definition) is 4. The van der Waals surface area contributed by atoms with Gasteiger partial charge in [0.15, 0.2) is 11.5 Å². The first kappa shape index (κ1) is 26.7. The van der Waals surface area contributed by atoms with E-state index in [1.54, 1.807) is 24.3 Å². The summed E-state index contributed by atoms with van der Waals surface area (Å²) in [5.41, 5.74) is 1.03. The van der Waals surface area contributed by atoms with Crippen molar-refractivity contribution in [2.75, 3.05) is 11.9 Å². The van der Waals surface area contributed by atoms with E-state index in [2.05, 4.69) is 12.2 Å². The van der Waals surface area contributed by atoms with Crippen LogP contribution in [0.4, 0.5) is 10.1 Å². The number of carbonyl (C=O) groups is 2. The predicted molar refractivity (Wildman–Crippen MR) is 145 cm³/mol. The van der Waals surface area contributed by atoms with Gasteiger partial charge in [-0.15, -0.1) is 0 Å². The fourth-order valence-electron chi connectivity index (χ4n) is 3.96. The molecule has 192 valence electrons.